The third-order valence-electron chi connectivity index (χ3n) is 4.96. The van der Waals surface area contributed by atoms with Crippen LogP contribution in [-0.4, -0.2) is 37.0 Å². The lowest BCUT2D eigenvalue weighted by molar-refractivity contribution is -0.143. The van der Waals surface area contributed by atoms with Gasteiger partial charge in [0.2, 0.25) is 5.91 Å². The van der Waals surface area contributed by atoms with Gasteiger partial charge in [-0.15, -0.1) is 0 Å². The first-order valence-electron chi connectivity index (χ1n) is 7.74. The van der Waals surface area contributed by atoms with E-state index < -0.39 is 0 Å². The summed E-state index contributed by atoms with van der Waals surface area (Å²) in [5.41, 5.74) is 1.13. The van der Waals surface area contributed by atoms with Crippen LogP contribution in [0.1, 0.15) is 24.8 Å². The van der Waals surface area contributed by atoms with Gasteiger partial charge in [-0.2, -0.15) is 0 Å². The van der Waals surface area contributed by atoms with Crippen LogP contribution in [0.2, 0.25) is 0 Å². The molecule has 3 rings (SSSR count). The molecule has 1 spiro atoms. The summed E-state index contributed by atoms with van der Waals surface area (Å²) in [6, 6.07) is 9.81. The molecule has 2 aliphatic rings. The Bertz CT molecular complexity index is 586. The Kier molecular flexibility index (Phi) is 4.01. The lowest BCUT2D eigenvalue weighted by Crippen LogP contribution is -2.39. The Morgan fingerprint density at radius 3 is 2.55 bits per heavy atom. The van der Waals surface area contributed by atoms with Crippen molar-refractivity contribution >= 4 is 18.0 Å². The van der Waals surface area contributed by atoms with Gasteiger partial charge in [-0.25, -0.2) is 0 Å². The predicted octanol–water partition coefficient (Wildman–Crippen LogP) is 2.50. The van der Waals surface area contributed by atoms with Crippen molar-refractivity contribution < 1.29 is 14.3 Å². The monoisotopic (exact) mass is 299 g/mol. The second-order valence-corrected chi connectivity index (χ2v) is 6.21. The van der Waals surface area contributed by atoms with E-state index in [1.165, 1.54) is 7.11 Å². The highest BCUT2D eigenvalue weighted by Crippen LogP contribution is 2.59. The summed E-state index contributed by atoms with van der Waals surface area (Å²) in [6.45, 7) is 1.46. The Morgan fingerprint density at radius 2 is 1.91 bits per heavy atom. The first-order chi connectivity index (χ1) is 10.6. The maximum atomic E-state index is 12.2. The Balaban J connectivity index is 1.53. The van der Waals surface area contributed by atoms with Gasteiger partial charge in [-0.3, -0.25) is 9.59 Å². The van der Waals surface area contributed by atoms with Crippen molar-refractivity contribution in [3.63, 3.8) is 0 Å². The Hall–Kier alpha value is -2.10. The number of ether oxygens (including phenoxy) is 1. The molecule has 0 radical (unpaired) electrons. The molecule has 1 saturated heterocycles. The summed E-state index contributed by atoms with van der Waals surface area (Å²) < 4.78 is 4.83. The fourth-order valence-electron chi connectivity index (χ4n) is 3.39. The molecular formula is C18H21NO3. The van der Waals surface area contributed by atoms with Crippen LogP contribution >= 0.6 is 0 Å². The van der Waals surface area contributed by atoms with Crippen molar-refractivity contribution in [1.29, 1.82) is 0 Å². The number of carbonyl (C=O) groups is 2. The van der Waals surface area contributed by atoms with Crippen LogP contribution < -0.4 is 0 Å². The van der Waals surface area contributed by atoms with E-state index in [1.54, 1.807) is 6.08 Å². The van der Waals surface area contributed by atoms with Gasteiger partial charge >= 0.3 is 5.97 Å². The summed E-state index contributed by atoms with van der Waals surface area (Å²) in [4.78, 5) is 25.7. The number of amides is 1. The number of nitrogens with zero attached hydrogens (tertiary/aromatic N) is 1. The molecular weight excluding hydrogens is 278 g/mol. The second kappa shape index (κ2) is 5.95. The number of esters is 1. The maximum Gasteiger partial charge on any atom is 0.309 e. The Labute approximate surface area is 130 Å². The lowest BCUT2D eigenvalue weighted by atomic mass is 9.91. The summed E-state index contributed by atoms with van der Waals surface area (Å²) in [5, 5.41) is 0. The number of benzene rings is 1. The van der Waals surface area contributed by atoms with Crippen LogP contribution in [0.15, 0.2) is 36.4 Å². The zero-order valence-electron chi connectivity index (χ0n) is 12.8. The zero-order valence-corrected chi connectivity index (χ0v) is 12.8. The topological polar surface area (TPSA) is 46.6 Å². The molecule has 1 aliphatic carbocycles. The van der Waals surface area contributed by atoms with Crippen molar-refractivity contribution in [1.82, 2.24) is 4.90 Å². The van der Waals surface area contributed by atoms with Gasteiger partial charge in [0.15, 0.2) is 0 Å². The molecule has 0 bridgehead atoms. The number of carbonyl (C=O) groups excluding carboxylic acids is 2. The van der Waals surface area contributed by atoms with E-state index in [-0.39, 0.29) is 23.2 Å². The quantitative estimate of drug-likeness (QED) is 0.636. The minimum atomic E-state index is -0.0938. The highest BCUT2D eigenvalue weighted by atomic mass is 16.5. The largest absolute Gasteiger partial charge is 0.469 e. The van der Waals surface area contributed by atoms with Crippen LogP contribution in [0.25, 0.3) is 6.08 Å². The molecule has 2 fully saturated rings. The molecule has 22 heavy (non-hydrogen) atoms. The number of methoxy groups -OCH3 is 1. The molecule has 0 aromatic heterocycles. The van der Waals surface area contributed by atoms with Crippen molar-refractivity contribution in [2.75, 3.05) is 20.2 Å². The van der Waals surface area contributed by atoms with E-state index in [1.807, 2.05) is 41.3 Å². The molecule has 1 aromatic carbocycles. The zero-order chi connectivity index (χ0) is 15.6. The van der Waals surface area contributed by atoms with E-state index in [4.69, 9.17) is 4.74 Å². The fourth-order valence-corrected chi connectivity index (χ4v) is 3.39. The molecule has 1 aliphatic heterocycles. The molecule has 4 nitrogen and oxygen atoms in total. The molecule has 0 N–H and O–H groups in total. The van der Waals surface area contributed by atoms with Crippen molar-refractivity contribution in [2.24, 2.45) is 11.3 Å². The first kappa shape index (κ1) is 14.8. The molecule has 116 valence electrons. The summed E-state index contributed by atoms with van der Waals surface area (Å²) in [6.07, 6.45) is 6.20. The molecule has 4 heteroatoms. The minimum absolute atomic E-state index is 0.0500. The first-order valence-corrected chi connectivity index (χ1v) is 7.74. The van der Waals surface area contributed by atoms with Crippen LogP contribution in [-0.2, 0) is 14.3 Å². The number of hydrogen-bond donors (Lipinski definition) is 0. The average molecular weight is 299 g/mol. The van der Waals surface area contributed by atoms with Crippen molar-refractivity contribution in [3.05, 3.63) is 42.0 Å². The summed E-state index contributed by atoms with van der Waals surface area (Å²) in [7, 11) is 1.45. The smallest absolute Gasteiger partial charge is 0.309 e. The average Bonchev–Trinajstić information content (AvgIpc) is 3.27. The molecule has 1 atom stereocenters. The molecule has 1 amide bonds. The van der Waals surface area contributed by atoms with Gasteiger partial charge in [0, 0.05) is 19.2 Å². The number of rotatable bonds is 3. The van der Waals surface area contributed by atoms with E-state index >= 15 is 0 Å². The maximum absolute atomic E-state index is 12.2. The third kappa shape index (κ3) is 2.91. The number of hydrogen-bond acceptors (Lipinski definition) is 3. The summed E-state index contributed by atoms with van der Waals surface area (Å²) >= 11 is 0. The molecule has 1 heterocycles. The number of likely N-dealkylation sites (tertiary alicyclic amines) is 1. The van der Waals surface area contributed by atoms with Gasteiger partial charge in [0.25, 0.3) is 0 Å². The van der Waals surface area contributed by atoms with E-state index in [9.17, 15) is 9.59 Å². The molecule has 1 aromatic rings. The molecule has 1 unspecified atom stereocenters. The third-order valence-corrected chi connectivity index (χ3v) is 4.96. The minimum Gasteiger partial charge on any atom is -0.469 e. The second-order valence-electron chi connectivity index (χ2n) is 6.21. The lowest BCUT2D eigenvalue weighted by Gasteiger charge is -2.32. The van der Waals surface area contributed by atoms with E-state index in [2.05, 4.69) is 0 Å². The summed E-state index contributed by atoms with van der Waals surface area (Å²) in [5.74, 6) is 0.00679. The number of piperidine rings is 1. The van der Waals surface area contributed by atoms with E-state index in [0.29, 0.717) is 0 Å². The van der Waals surface area contributed by atoms with Crippen molar-refractivity contribution in [2.45, 2.75) is 19.3 Å². The van der Waals surface area contributed by atoms with Crippen LogP contribution in [0, 0.1) is 11.3 Å². The Morgan fingerprint density at radius 1 is 1.23 bits per heavy atom. The van der Waals surface area contributed by atoms with Crippen LogP contribution in [0.3, 0.4) is 0 Å². The van der Waals surface area contributed by atoms with Gasteiger partial charge < -0.3 is 9.64 Å². The van der Waals surface area contributed by atoms with Crippen molar-refractivity contribution in [3.8, 4) is 0 Å². The van der Waals surface area contributed by atoms with Crippen LogP contribution in [0.4, 0.5) is 0 Å². The van der Waals surface area contributed by atoms with Gasteiger partial charge in [0.05, 0.1) is 13.0 Å². The normalized spacial score (nSPS) is 22.8. The van der Waals surface area contributed by atoms with Crippen LogP contribution in [0.5, 0.6) is 0 Å². The fraction of sp³-hybridized carbons (Fsp3) is 0.444. The van der Waals surface area contributed by atoms with E-state index in [0.717, 1.165) is 37.9 Å². The highest BCUT2D eigenvalue weighted by Gasteiger charge is 2.59. The standard InChI is InChI=1S/C18H21NO3/c1-22-17(21)15-13-18(15)9-11-19(12-10-18)16(20)8-7-14-5-3-2-4-6-14/h2-8,15H,9-13H2,1H3/b8-7+. The SMILES string of the molecule is COC(=O)C1CC12CCN(C(=O)/C=C/c1ccccc1)CC2. The van der Waals surface area contributed by atoms with Gasteiger partial charge in [0.1, 0.15) is 0 Å². The molecule has 1 saturated carbocycles. The van der Waals surface area contributed by atoms with Gasteiger partial charge in [-0.1, -0.05) is 30.3 Å². The predicted molar refractivity (Wildman–Crippen MR) is 83.8 cm³/mol. The highest BCUT2D eigenvalue weighted by molar-refractivity contribution is 5.91. The van der Waals surface area contributed by atoms with Gasteiger partial charge in [-0.05, 0) is 36.3 Å².